The summed E-state index contributed by atoms with van der Waals surface area (Å²) >= 11 is 0.999. The van der Waals surface area contributed by atoms with Crippen LogP contribution in [0.1, 0.15) is 41.6 Å². The predicted molar refractivity (Wildman–Crippen MR) is 65.5 cm³/mol. The van der Waals surface area contributed by atoms with Gasteiger partial charge in [0.2, 0.25) is 0 Å². The third kappa shape index (κ3) is 3.69. The molecule has 0 aromatic carbocycles. The number of anilines is 1. The molecule has 0 radical (unpaired) electrons. The Hall–Kier alpha value is -1.11. The highest BCUT2D eigenvalue weighted by molar-refractivity contribution is 7.17. The zero-order valence-electron chi connectivity index (χ0n) is 10.4. The van der Waals surface area contributed by atoms with Crippen molar-refractivity contribution in [2.45, 2.75) is 32.4 Å². The molecule has 0 saturated carbocycles. The summed E-state index contributed by atoms with van der Waals surface area (Å²) in [6, 6.07) is 0. The number of halogens is 3. The second-order valence-corrected chi connectivity index (χ2v) is 5.15. The van der Waals surface area contributed by atoms with Gasteiger partial charge in [-0.25, -0.2) is 4.98 Å². The molecular weight excluding hydrogens is 265 g/mol. The quantitative estimate of drug-likeness (QED) is 0.774. The molecule has 1 atom stereocenters. The van der Waals surface area contributed by atoms with Crippen molar-refractivity contribution in [3.05, 3.63) is 10.6 Å². The van der Waals surface area contributed by atoms with Gasteiger partial charge in [0, 0.05) is 7.05 Å². The molecule has 7 heteroatoms. The molecule has 0 saturated heterocycles. The molecule has 1 aromatic heterocycles. The minimum absolute atomic E-state index is 0.0643. The molecule has 0 aliphatic carbocycles. The molecule has 1 unspecified atom stereocenters. The maximum Gasteiger partial charge on any atom is 0.405 e. The summed E-state index contributed by atoms with van der Waals surface area (Å²) in [5.41, 5.74) is 0.585. The Labute approximate surface area is 108 Å². The van der Waals surface area contributed by atoms with Crippen molar-refractivity contribution < 1.29 is 18.0 Å². The summed E-state index contributed by atoms with van der Waals surface area (Å²) in [5, 5.41) is 0.227. The summed E-state index contributed by atoms with van der Waals surface area (Å²) in [6.45, 7) is 2.77. The lowest BCUT2D eigenvalue weighted by Crippen LogP contribution is -2.30. The Morgan fingerprint density at radius 2 is 2.11 bits per heavy atom. The van der Waals surface area contributed by atoms with Crippen LogP contribution < -0.4 is 4.90 Å². The topological polar surface area (TPSA) is 33.2 Å². The van der Waals surface area contributed by atoms with Crippen LogP contribution >= 0.6 is 11.3 Å². The zero-order valence-corrected chi connectivity index (χ0v) is 11.2. The summed E-state index contributed by atoms with van der Waals surface area (Å²) in [4.78, 5) is 16.5. The standard InChI is InChI=1S/C11H15F3N2OS/c1-4-7(2)9-8(5-17)18-10(15-9)16(3)6-11(12,13)14/h5,7H,4,6H2,1-3H3. The van der Waals surface area contributed by atoms with Crippen molar-refractivity contribution >= 4 is 22.8 Å². The number of carbonyl (C=O) groups is 1. The molecule has 0 amide bonds. The van der Waals surface area contributed by atoms with Gasteiger partial charge in [0.05, 0.1) is 10.6 Å². The van der Waals surface area contributed by atoms with Crippen LogP contribution in [0.25, 0.3) is 0 Å². The van der Waals surface area contributed by atoms with Gasteiger partial charge in [-0.05, 0) is 12.3 Å². The maximum atomic E-state index is 12.3. The Morgan fingerprint density at radius 1 is 1.50 bits per heavy atom. The van der Waals surface area contributed by atoms with E-state index >= 15 is 0 Å². The highest BCUT2D eigenvalue weighted by Crippen LogP contribution is 2.31. The Bertz CT molecular complexity index is 417. The lowest BCUT2D eigenvalue weighted by atomic mass is 10.0. The summed E-state index contributed by atoms with van der Waals surface area (Å²) in [7, 11) is 1.32. The fraction of sp³-hybridized carbons (Fsp3) is 0.636. The fourth-order valence-electron chi connectivity index (χ4n) is 1.46. The van der Waals surface area contributed by atoms with Crippen LogP contribution in [0, 0.1) is 0 Å². The number of aromatic nitrogens is 1. The van der Waals surface area contributed by atoms with Crippen molar-refractivity contribution in [2.75, 3.05) is 18.5 Å². The first-order valence-corrected chi connectivity index (χ1v) is 6.34. The smallest absolute Gasteiger partial charge is 0.342 e. The third-order valence-corrected chi connectivity index (χ3v) is 3.71. The number of alkyl halides is 3. The molecule has 1 rings (SSSR count). The van der Waals surface area contributed by atoms with Crippen LogP contribution in [-0.2, 0) is 0 Å². The summed E-state index contributed by atoms with van der Waals surface area (Å²) in [6.07, 6.45) is -2.84. The van der Waals surface area contributed by atoms with Gasteiger partial charge in [-0.2, -0.15) is 13.2 Å². The average Bonchev–Trinajstić information content (AvgIpc) is 2.69. The molecule has 0 N–H and O–H groups in total. The lowest BCUT2D eigenvalue weighted by molar-refractivity contribution is -0.119. The Kier molecular flexibility index (Phi) is 4.72. The van der Waals surface area contributed by atoms with E-state index in [1.165, 1.54) is 7.05 Å². The second kappa shape index (κ2) is 5.69. The van der Waals surface area contributed by atoms with Crippen LogP contribution in [-0.4, -0.2) is 31.0 Å². The zero-order chi connectivity index (χ0) is 13.9. The fourth-order valence-corrected chi connectivity index (χ4v) is 2.42. The minimum atomic E-state index is -4.28. The molecular formula is C11H15F3N2OS. The molecule has 0 bridgehead atoms. The number of rotatable bonds is 5. The number of hydrogen-bond donors (Lipinski definition) is 0. The largest absolute Gasteiger partial charge is 0.405 e. The predicted octanol–water partition coefficient (Wildman–Crippen LogP) is 3.47. The van der Waals surface area contributed by atoms with E-state index in [-0.39, 0.29) is 11.0 Å². The molecule has 3 nitrogen and oxygen atoms in total. The monoisotopic (exact) mass is 280 g/mol. The molecule has 102 valence electrons. The van der Waals surface area contributed by atoms with Crippen molar-refractivity contribution in [1.29, 1.82) is 0 Å². The van der Waals surface area contributed by atoms with Crippen LogP contribution in [0.5, 0.6) is 0 Å². The highest BCUT2D eigenvalue weighted by Gasteiger charge is 2.31. The highest BCUT2D eigenvalue weighted by atomic mass is 32.1. The molecule has 0 aliphatic rings. The van der Waals surface area contributed by atoms with Crippen LogP contribution in [0.15, 0.2) is 0 Å². The SMILES string of the molecule is CCC(C)c1nc(N(C)CC(F)(F)F)sc1C=O. The van der Waals surface area contributed by atoms with Gasteiger partial charge >= 0.3 is 6.18 Å². The molecule has 1 aromatic rings. The normalized spacial score (nSPS) is 13.4. The van der Waals surface area contributed by atoms with Crippen LogP contribution in [0.4, 0.5) is 18.3 Å². The van der Waals surface area contributed by atoms with Crippen LogP contribution in [0.3, 0.4) is 0 Å². The van der Waals surface area contributed by atoms with E-state index in [9.17, 15) is 18.0 Å². The first kappa shape index (κ1) is 14.9. The van der Waals surface area contributed by atoms with Gasteiger partial charge in [-0.3, -0.25) is 4.79 Å². The van der Waals surface area contributed by atoms with Gasteiger partial charge in [0.15, 0.2) is 11.4 Å². The van der Waals surface area contributed by atoms with E-state index in [4.69, 9.17) is 0 Å². The average molecular weight is 280 g/mol. The first-order chi connectivity index (χ1) is 8.28. The van der Waals surface area contributed by atoms with E-state index < -0.39 is 12.7 Å². The van der Waals surface area contributed by atoms with E-state index in [1.54, 1.807) is 0 Å². The molecule has 1 heterocycles. The first-order valence-electron chi connectivity index (χ1n) is 5.52. The van der Waals surface area contributed by atoms with Crippen molar-refractivity contribution in [1.82, 2.24) is 4.98 Å². The second-order valence-electron chi connectivity index (χ2n) is 4.14. The summed E-state index contributed by atoms with van der Waals surface area (Å²) < 4.78 is 36.8. The van der Waals surface area contributed by atoms with Gasteiger partial charge in [0.25, 0.3) is 0 Å². The number of hydrogen-bond acceptors (Lipinski definition) is 4. The summed E-state index contributed by atoms with van der Waals surface area (Å²) in [5.74, 6) is 0.0643. The van der Waals surface area contributed by atoms with Gasteiger partial charge in [-0.15, -0.1) is 0 Å². The maximum absolute atomic E-state index is 12.3. The van der Waals surface area contributed by atoms with Gasteiger partial charge in [-0.1, -0.05) is 25.2 Å². The number of nitrogens with zero attached hydrogens (tertiary/aromatic N) is 2. The van der Waals surface area contributed by atoms with E-state index in [2.05, 4.69) is 4.98 Å². The third-order valence-electron chi connectivity index (χ3n) is 2.60. The van der Waals surface area contributed by atoms with Crippen molar-refractivity contribution in [3.63, 3.8) is 0 Å². The van der Waals surface area contributed by atoms with Crippen LogP contribution in [0.2, 0.25) is 0 Å². The van der Waals surface area contributed by atoms with Crippen molar-refractivity contribution in [2.24, 2.45) is 0 Å². The van der Waals surface area contributed by atoms with Crippen molar-refractivity contribution in [3.8, 4) is 0 Å². The number of thiazole rings is 1. The van der Waals surface area contributed by atoms with E-state index in [1.807, 2.05) is 13.8 Å². The minimum Gasteiger partial charge on any atom is -0.342 e. The van der Waals surface area contributed by atoms with Gasteiger partial charge in [0.1, 0.15) is 6.54 Å². The molecule has 0 spiro atoms. The molecule has 18 heavy (non-hydrogen) atoms. The lowest BCUT2D eigenvalue weighted by Gasteiger charge is -2.17. The number of carbonyl (C=O) groups excluding carboxylic acids is 1. The number of aldehydes is 1. The van der Waals surface area contributed by atoms with Gasteiger partial charge < -0.3 is 4.90 Å². The van der Waals surface area contributed by atoms with E-state index in [0.29, 0.717) is 16.9 Å². The Morgan fingerprint density at radius 3 is 2.56 bits per heavy atom. The Balaban J connectivity index is 2.97. The molecule has 0 fully saturated rings. The van der Waals surface area contributed by atoms with E-state index in [0.717, 1.165) is 22.7 Å². The molecule has 0 aliphatic heterocycles.